The third kappa shape index (κ3) is 3.95. The second-order valence-electron chi connectivity index (χ2n) is 6.65. The van der Waals surface area contributed by atoms with Crippen LogP contribution in [0.5, 0.6) is 0 Å². The molecule has 0 bridgehead atoms. The summed E-state index contributed by atoms with van der Waals surface area (Å²) in [4.78, 5) is -1.28. The first-order chi connectivity index (χ1) is 14.7. The molecule has 0 aliphatic heterocycles. The summed E-state index contributed by atoms with van der Waals surface area (Å²) in [5, 5.41) is 0. The molecule has 0 heterocycles. The van der Waals surface area contributed by atoms with Gasteiger partial charge in [-0.3, -0.25) is 0 Å². The number of halogens is 21. The van der Waals surface area contributed by atoms with E-state index in [4.69, 9.17) is 0 Å². The van der Waals surface area contributed by atoms with Crippen molar-refractivity contribution in [1.29, 1.82) is 0 Å². The van der Waals surface area contributed by atoms with E-state index >= 15 is 0 Å². The van der Waals surface area contributed by atoms with Crippen molar-refractivity contribution in [2.45, 2.75) is 66.5 Å². The van der Waals surface area contributed by atoms with Gasteiger partial charge in [-0.25, -0.2) is 4.90 Å². The lowest BCUT2D eigenvalue weighted by Gasteiger charge is -2.45. The highest BCUT2D eigenvalue weighted by Crippen LogP contribution is 2.66. The minimum Gasteiger partial charge on any atom is -0.242 e. The van der Waals surface area contributed by atoms with Crippen LogP contribution in [0, 0.1) is 0 Å². The summed E-state index contributed by atoms with van der Waals surface area (Å²) in [6.07, 6.45) is -7.99. The number of hydrogen-bond donors (Lipinski definition) is 0. The quantitative estimate of drug-likeness (QED) is 0.197. The molecular weight excluding hydrogens is 569 g/mol. The molecule has 0 spiro atoms. The first-order valence-electron chi connectivity index (χ1n) is 7.91. The molecule has 212 valence electrons. The summed E-state index contributed by atoms with van der Waals surface area (Å²) in [6.45, 7) is -1.07. The largest absolute Gasteiger partial charge is 0.460 e. The summed E-state index contributed by atoms with van der Waals surface area (Å²) < 4.78 is 275. The van der Waals surface area contributed by atoms with Crippen molar-refractivity contribution in [3.05, 3.63) is 0 Å². The van der Waals surface area contributed by atoms with Gasteiger partial charge in [0, 0.05) is 6.54 Å². The summed E-state index contributed by atoms with van der Waals surface area (Å²) in [6, 6.07) is -6.68. The highest BCUT2D eigenvalue weighted by Gasteiger charge is 2.98. The van der Waals surface area contributed by atoms with Crippen molar-refractivity contribution >= 4 is 0 Å². The lowest BCUT2D eigenvalue weighted by Crippen LogP contribution is -2.77. The van der Waals surface area contributed by atoms with Crippen molar-refractivity contribution in [3.8, 4) is 0 Å². The van der Waals surface area contributed by atoms with Crippen molar-refractivity contribution in [2.75, 3.05) is 13.6 Å². The maximum atomic E-state index is 13.5. The van der Waals surface area contributed by atoms with Crippen LogP contribution in [0.1, 0.15) is 6.92 Å². The molecule has 0 amide bonds. The molecule has 0 radical (unpaired) electrons. The predicted molar refractivity (Wildman–Crippen MR) is 68.9 cm³/mol. The molecule has 0 aromatic heterocycles. The average Bonchev–Trinajstić information content (AvgIpc) is 2.64. The highest BCUT2D eigenvalue weighted by atomic mass is 19.4. The fourth-order valence-electron chi connectivity index (χ4n) is 1.99. The predicted octanol–water partition coefficient (Wildman–Crippen LogP) is 7.18. The van der Waals surface area contributed by atoms with Gasteiger partial charge in [0.15, 0.2) is 0 Å². The van der Waals surface area contributed by atoms with E-state index in [1.807, 2.05) is 0 Å². The van der Waals surface area contributed by atoms with Crippen molar-refractivity contribution in [2.24, 2.45) is 0 Å². The Kier molecular flexibility index (Phi) is 7.89. The van der Waals surface area contributed by atoms with E-state index in [2.05, 4.69) is 0 Å². The van der Waals surface area contributed by atoms with Gasteiger partial charge in [-0.15, -0.1) is 0 Å². The number of rotatable bonds is 10. The lowest BCUT2D eigenvalue weighted by molar-refractivity contribution is -0.477. The molecule has 35 heavy (non-hydrogen) atoms. The maximum Gasteiger partial charge on any atom is 0.460 e. The van der Waals surface area contributed by atoms with Crippen LogP contribution in [-0.4, -0.2) is 78.1 Å². The van der Waals surface area contributed by atoms with E-state index < -0.39 is 71.0 Å². The molecule has 0 rings (SSSR count). The molecule has 0 aromatic rings. The molecule has 0 fully saturated rings. The van der Waals surface area contributed by atoms with E-state index in [1.165, 1.54) is 0 Å². The zero-order chi connectivity index (χ0) is 29.3. The van der Waals surface area contributed by atoms with Crippen LogP contribution in [0.2, 0.25) is 0 Å². The van der Waals surface area contributed by atoms with Crippen LogP contribution in [0.25, 0.3) is 0 Å². The Morgan fingerprint density at radius 3 is 0.771 bits per heavy atom. The number of alkyl halides is 21. The SMILES string of the molecule is CCN(C)C(F)(F)C(F)(F)C(F)(F)C(F)(F)C(F)(F)C(F)(F)C(F)(F)C(F)(F)C(F)(F)C(F)(F)F. The summed E-state index contributed by atoms with van der Waals surface area (Å²) in [5.74, 6) is -70.0. The van der Waals surface area contributed by atoms with Gasteiger partial charge in [-0.1, -0.05) is 6.92 Å². The molecule has 0 aromatic carbocycles. The van der Waals surface area contributed by atoms with Crippen LogP contribution in [0.3, 0.4) is 0 Å². The smallest absolute Gasteiger partial charge is 0.242 e. The summed E-state index contributed by atoms with van der Waals surface area (Å²) in [5.41, 5.74) is 0. The minimum absolute atomic E-state index is 0.261. The Labute approximate surface area is 178 Å². The van der Waals surface area contributed by atoms with Crippen LogP contribution in [0.4, 0.5) is 92.2 Å². The third-order valence-electron chi connectivity index (χ3n) is 4.45. The topological polar surface area (TPSA) is 3.24 Å². The van der Waals surface area contributed by atoms with Crippen LogP contribution in [0.15, 0.2) is 0 Å². The standard InChI is InChI=1S/C13H8F21N/c1-3-35(2)13(33,34)11(28,29)9(24,25)7(20,21)5(16,17)4(14,15)6(18,19)8(22,23)10(26,27)12(30,31)32/h3H2,1-2H3. The first kappa shape index (κ1) is 33.5. The van der Waals surface area contributed by atoms with Crippen LogP contribution >= 0.6 is 0 Å². The monoisotopic (exact) mass is 577 g/mol. The zero-order valence-corrected chi connectivity index (χ0v) is 16.1. The van der Waals surface area contributed by atoms with Gasteiger partial charge in [-0.05, 0) is 7.05 Å². The summed E-state index contributed by atoms with van der Waals surface area (Å²) >= 11 is 0. The highest BCUT2D eigenvalue weighted by molar-refractivity contribution is 5.17. The van der Waals surface area contributed by atoms with Crippen molar-refractivity contribution in [3.63, 3.8) is 0 Å². The Morgan fingerprint density at radius 2 is 0.571 bits per heavy atom. The minimum atomic E-state index is -9.15. The van der Waals surface area contributed by atoms with E-state index in [0.717, 1.165) is 0 Å². The van der Waals surface area contributed by atoms with Crippen LogP contribution < -0.4 is 0 Å². The van der Waals surface area contributed by atoms with Gasteiger partial charge in [0.1, 0.15) is 0 Å². The van der Waals surface area contributed by atoms with Gasteiger partial charge in [0.25, 0.3) is 0 Å². The molecule has 0 atom stereocenters. The van der Waals surface area contributed by atoms with Gasteiger partial charge in [0.05, 0.1) is 0 Å². The fraction of sp³-hybridized carbons (Fsp3) is 1.00. The van der Waals surface area contributed by atoms with E-state index in [-0.39, 0.29) is 7.05 Å². The maximum absolute atomic E-state index is 13.5. The second kappa shape index (κ2) is 8.25. The van der Waals surface area contributed by atoms with E-state index in [1.54, 1.807) is 0 Å². The van der Waals surface area contributed by atoms with E-state index in [9.17, 15) is 92.2 Å². The molecule has 0 aliphatic carbocycles. The zero-order valence-electron chi connectivity index (χ0n) is 16.1. The van der Waals surface area contributed by atoms with E-state index in [0.29, 0.717) is 6.92 Å². The van der Waals surface area contributed by atoms with Gasteiger partial charge in [-0.2, -0.15) is 92.2 Å². The molecule has 1 nitrogen and oxygen atoms in total. The Hall–Kier alpha value is -1.51. The van der Waals surface area contributed by atoms with Crippen LogP contribution in [-0.2, 0) is 0 Å². The molecule has 0 unspecified atom stereocenters. The van der Waals surface area contributed by atoms with Crippen molar-refractivity contribution < 1.29 is 92.2 Å². The Bertz CT molecular complexity index is 762. The van der Waals surface area contributed by atoms with Gasteiger partial charge in [0.2, 0.25) is 0 Å². The molecule has 0 saturated carbocycles. The lowest BCUT2D eigenvalue weighted by atomic mass is 9.87. The molecule has 0 N–H and O–H groups in total. The molecule has 0 aliphatic rings. The normalized spacial score (nSPS) is 16.8. The first-order valence-corrected chi connectivity index (χ1v) is 7.91. The van der Waals surface area contributed by atoms with Crippen molar-refractivity contribution in [1.82, 2.24) is 4.90 Å². The summed E-state index contributed by atoms with van der Waals surface area (Å²) in [7, 11) is -0.261. The fourth-order valence-corrected chi connectivity index (χ4v) is 1.99. The second-order valence-corrected chi connectivity index (χ2v) is 6.65. The molecular formula is C13H8F21N. The van der Waals surface area contributed by atoms with Gasteiger partial charge >= 0.3 is 59.6 Å². The Balaban J connectivity index is 7.09. The Morgan fingerprint density at radius 1 is 0.371 bits per heavy atom. The van der Waals surface area contributed by atoms with Gasteiger partial charge < -0.3 is 0 Å². The molecule has 22 heteroatoms. The molecule has 0 saturated heterocycles. The third-order valence-corrected chi connectivity index (χ3v) is 4.45. The number of nitrogens with zero attached hydrogens (tertiary/aromatic N) is 1. The average molecular weight is 577 g/mol. The number of hydrogen-bond acceptors (Lipinski definition) is 1.